The van der Waals surface area contributed by atoms with Crippen molar-refractivity contribution in [2.24, 2.45) is 0 Å². The highest BCUT2D eigenvalue weighted by Crippen LogP contribution is 2.30. The van der Waals surface area contributed by atoms with Crippen molar-refractivity contribution in [3.63, 3.8) is 0 Å². The molecule has 0 aromatic carbocycles. The molecule has 0 aliphatic rings. The van der Waals surface area contributed by atoms with Crippen molar-refractivity contribution < 1.29 is 0 Å². The van der Waals surface area contributed by atoms with Gasteiger partial charge in [0.15, 0.2) is 0 Å². The Morgan fingerprint density at radius 1 is 1.11 bits per heavy atom. The molecule has 1 N–H and O–H groups in total. The highest BCUT2D eigenvalue weighted by Gasteiger charge is 2.16. The first-order valence-corrected chi connectivity index (χ1v) is 8.77. The molecular weight excluding hydrogens is 252 g/mol. The Kier molecular flexibility index (Phi) is 8.31. The standard InChI is InChI=1S/C16H30N2S/c1-5-9-11-17-12-15-14(10-6-2)18-16(19-15)13(7-3)8-4/h13,17H,5-12H2,1-4H3. The third kappa shape index (κ3) is 5.23. The van der Waals surface area contributed by atoms with Crippen LogP contribution in [0.25, 0.3) is 0 Å². The number of aromatic nitrogens is 1. The van der Waals surface area contributed by atoms with E-state index in [1.54, 1.807) is 0 Å². The molecule has 0 atom stereocenters. The fourth-order valence-electron chi connectivity index (χ4n) is 2.29. The van der Waals surface area contributed by atoms with Crippen molar-refractivity contribution in [3.8, 4) is 0 Å². The largest absolute Gasteiger partial charge is 0.312 e. The molecule has 0 radical (unpaired) electrons. The average Bonchev–Trinajstić information content (AvgIpc) is 2.80. The molecule has 2 nitrogen and oxygen atoms in total. The van der Waals surface area contributed by atoms with Crippen LogP contribution in [0.3, 0.4) is 0 Å². The minimum atomic E-state index is 0.657. The van der Waals surface area contributed by atoms with Gasteiger partial charge in [0.25, 0.3) is 0 Å². The van der Waals surface area contributed by atoms with Crippen LogP contribution < -0.4 is 5.32 Å². The van der Waals surface area contributed by atoms with E-state index in [1.807, 2.05) is 11.3 Å². The molecule has 110 valence electrons. The molecule has 1 aromatic heterocycles. The summed E-state index contributed by atoms with van der Waals surface area (Å²) in [5, 5.41) is 4.92. The van der Waals surface area contributed by atoms with E-state index in [9.17, 15) is 0 Å². The predicted octanol–water partition coefficient (Wildman–Crippen LogP) is 4.89. The molecule has 0 bridgehead atoms. The van der Waals surface area contributed by atoms with Crippen LogP contribution in [0, 0.1) is 0 Å². The van der Waals surface area contributed by atoms with Crippen LogP contribution >= 0.6 is 11.3 Å². The van der Waals surface area contributed by atoms with Gasteiger partial charge >= 0.3 is 0 Å². The SMILES string of the molecule is CCCCNCc1sc(C(CC)CC)nc1CCC. The molecule has 0 aliphatic carbocycles. The van der Waals surface area contributed by atoms with Crippen molar-refractivity contribution >= 4 is 11.3 Å². The lowest BCUT2D eigenvalue weighted by Gasteiger charge is -2.07. The summed E-state index contributed by atoms with van der Waals surface area (Å²) in [5.41, 5.74) is 1.35. The third-order valence-corrected chi connectivity index (χ3v) is 4.87. The molecule has 0 amide bonds. The molecule has 1 aromatic rings. The number of thiazole rings is 1. The minimum Gasteiger partial charge on any atom is -0.312 e. The fourth-order valence-corrected chi connectivity index (χ4v) is 3.64. The van der Waals surface area contributed by atoms with Crippen LogP contribution in [0.5, 0.6) is 0 Å². The molecule has 0 spiro atoms. The highest BCUT2D eigenvalue weighted by atomic mass is 32.1. The fraction of sp³-hybridized carbons (Fsp3) is 0.812. The summed E-state index contributed by atoms with van der Waals surface area (Å²) in [4.78, 5) is 6.39. The van der Waals surface area contributed by atoms with Crippen LogP contribution in [0.15, 0.2) is 0 Å². The Labute approximate surface area is 123 Å². The molecule has 0 aliphatic heterocycles. The second-order valence-electron chi connectivity index (χ2n) is 5.22. The molecule has 0 unspecified atom stereocenters. The number of nitrogens with one attached hydrogen (secondary N) is 1. The Hall–Kier alpha value is -0.410. The van der Waals surface area contributed by atoms with Crippen molar-refractivity contribution in [1.82, 2.24) is 10.3 Å². The molecule has 1 rings (SSSR count). The quantitative estimate of drug-likeness (QED) is 0.618. The van der Waals surface area contributed by atoms with Crippen LogP contribution in [-0.2, 0) is 13.0 Å². The molecular formula is C16H30N2S. The predicted molar refractivity (Wildman–Crippen MR) is 86.0 cm³/mol. The van der Waals surface area contributed by atoms with E-state index >= 15 is 0 Å². The van der Waals surface area contributed by atoms with E-state index in [4.69, 9.17) is 4.98 Å². The van der Waals surface area contributed by atoms with Crippen LogP contribution in [0.1, 0.15) is 81.3 Å². The monoisotopic (exact) mass is 282 g/mol. The first kappa shape index (κ1) is 16.6. The second kappa shape index (κ2) is 9.49. The van der Waals surface area contributed by atoms with Crippen molar-refractivity contribution in [3.05, 3.63) is 15.6 Å². The normalized spacial score (nSPS) is 11.4. The number of unbranched alkanes of at least 4 members (excludes halogenated alkanes) is 1. The van der Waals surface area contributed by atoms with E-state index < -0.39 is 0 Å². The lowest BCUT2D eigenvalue weighted by Crippen LogP contribution is -2.14. The summed E-state index contributed by atoms with van der Waals surface area (Å²) in [6.45, 7) is 11.2. The molecule has 3 heteroatoms. The van der Waals surface area contributed by atoms with Gasteiger partial charge in [-0.3, -0.25) is 0 Å². The Bertz CT molecular complexity index is 343. The smallest absolute Gasteiger partial charge is 0.0962 e. The van der Waals surface area contributed by atoms with Crippen molar-refractivity contribution in [2.45, 2.75) is 78.7 Å². The van der Waals surface area contributed by atoms with Gasteiger partial charge in [-0.25, -0.2) is 4.98 Å². The first-order chi connectivity index (χ1) is 9.26. The maximum atomic E-state index is 4.92. The highest BCUT2D eigenvalue weighted by molar-refractivity contribution is 7.11. The minimum absolute atomic E-state index is 0.657. The van der Waals surface area contributed by atoms with Crippen LogP contribution in [0.2, 0.25) is 0 Å². The van der Waals surface area contributed by atoms with Crippen LogP contribution in [0.4, 0.5) is 0 Å². The molecule has 1 heterocycles. The zero-order valence-electron chi connectivity index (χ0n) is 13.1. The van der Waals surface area contributed by atoms with Gasteiger partial charge in [0.1, 0.15) is 0 Å². The van der Waals surface area contributed by atoms with E-state index in [0.29, 0.717) is 5.92 Å². The van der Waals surface area contributed by atoms with E-state index in [-0.39, 0.29) is 0 Å². The number of hydrogen-bond acceptors (Lipinski definition) is 3. The topological polar surface area (TPSA) is 24.9 Å². The van der Waals surface area contributed by atoms with Gasteiger partial charge in [-0.05, 0) is 32.2 Å². The van der Waals surface area contributed by atoms with Gasteiger partial charge < -0.3 is 5.32 Å². The van der Waals surface area contributed by atoms with Gasteiger partial charge in [-0.2, -0.15) is 0 Å². The summed E-state index contributed by atoms with van der Waals surface area (Å²) in [5.74, 6) is 0.657. The number of hydrogen-bond donors (Lipinski definition) is 1. The zero-order valence-corrected chi connectivity index (χ0v) is 13.9. The van der Waals surface area contributed by atoms with E-state index in [0.717, 1.165) is 19.5 Å². The average molecular weight is 282 g/mol. The van der Waals surface area contributed by atoms with Gasteiger partial charge in [-0.15, -0.1) is 11.3 Å². The Morgan fingerprint density at radius 2 is 1.84 bits per heavy atom. The van der Waals surface area contributed by atoms with Crippen molar-refractivity contribution in [1.29, 1.82) is 0 Å². The summed E-state index contributed by atoms with van der Waals surface area (Å²) in [6.07, 6.45) is 7.25. The number of aryl methyl sites for hydroxylation is 1. The van der Waals surface area contributed by atoms with Crippen LogP contribution in [-0.4, -0.2) is 11.5 Å². The Balaban J connectivity index is 2.70. The third-order valence-electron chi connectivity index (χ3n) is 3.61. The van der Waals surface area contributed by atoms with E-state index in [2.05, 4.69) is 33.0 Å². The molecule has 0 saturated heterocycles. The lowest BCUT2D eigenvalue weighted by atomic mass is 10.1. The summed E-state index contributed by atoms with van der Waals surface area (Å²) in [6, 6.07) is 0. The summed E-state index contributed by atoms with van der Waals surface area (Å²) < 4.78 is 0. The number of rotatable bonds is 10. The Morgan fingerprint density at radius 3 is 2.42 bits per heavy atom. The zero-order chi connectivity index (χ0) is 14.1. The summed E-state index contributed by atoms with van der Waals surface area (Å²) >= 11 is 1.94. The maximum absolute atomic E-state index is 4.92. The summed E-state index contributed by atoms with van der Waals surface area (Å²) in [7, 11) is 0. The van der Waals surface area contributed by atoms with Gasteiger partial charge in [0.05, 0.1) is 10.7 Å². The van der Waals surface area contributed by atoms with Crippen molar-refractivity contribution in [2.75, 3.05) is 6.54 Å². The molecule has 0 fully saturated rings. The second-order valence-corrected chi connectivity index (χ2v) is 6.33. The van der Waals surface area contributed by atoms with Gasteiger partial charge in [0.2, 0.25) is 0 Å². The first-order valence-electron chi connectivity index (χ1n) is 7.95. The van der Waals surface area contributed by atoms with Gasteiger partial charge in [0, 0.05) is 17.3 Å². The van der Waals surface area contributed by atoms with E-state index in [1.165, 1.54) is 47.7 Å². The lowest BCUT2D eigenvalue weighted by molar-refractivity contribution is 0.631. The maximum Gasteiger partial charge on any atom is 0.0962 e. The van der Waals surface area contributed by atoms with Gasteiger partial charge in [-0.1, -0.05) is 40.5 Å². The molecule has 19 heavy (non-hydrogen) atoms. The molecule has 0 saturated carbocycles. The number of nitrogens with zero attached hydrogens (tertiary/aromatic N) is 1.